The first-order chi connectivity index (χ1) is 7.34. The van der Waals surface area contributed by atoms with Crippen molar-refractivity contribution in [3.05, 3.63) is 36.8 Å². The minimum Gasteiger partial charge on any atom is -0.508 e. The third kappa shape index (κ3) is 1.50. The third-order valence-corrected chi connectivity index (χ3v) is 2.75. The Bertz CT molecular complexity index is 486. The van der Waals surface area contributed by atoms with E-state index in [1.165, 1.54) is 12.8 Å². The Morgan fingerprint density at radius 3 is 2.93 bits per heavy atom. The van der Waals surface area contributed by atoms with Gasteiger partial charge in [0.1, 0.15) is 5.75 Å². The van der Waals surface area contributed by atoms with Crippen molar-refractivity contribution in [2.75, 3.05) is 0 Å². The molecule has 0 unspecified atom stereocenters. The Hall–Kier alpha value is -1.77. The van der Waals surface area contributed by atoms with E-state index < -0.39 is 0 Å². The Kier molecular flexibility index (Phi) is 1.78. The van der Waals surface area contributed by atoms with Crippen molar-refractivity contribution in [1.29, 1.82) is 0 Å². The molecular weight excluding hydrogens is 188 g/mol. The van der Waals surface area contributed by atoms with Crippen LogP contribution in [0.1, 0.15) is 18.9 Å². The summed E-state index contributed by atoms with van der Waals surface area (Å²) in [7, 11) is 0. The molecule has 0 radical (unpaired) electrons. The van der Waals surface area contributed by atoms with Gasteiger partial charge in [0.05, 0.1) is 18.2 Å². The molecule has 15 heavy (non-hydrogen) atoms. The number of phenols is 1. The third-order valence-electron chi connectivity index (χ3n) is 2.75. The van der Waals surface area contributed by atoms with Gasteiger partial charge >= 0.3 is 0 Å². The van der Waals surface area contributed by atoms with Gasteiger partial charge in [-0.2, -0.15) is 0 Å². The summed E-state index contributed by atoms with van der Waals surface area (Å²) in [6.45, 7) is 0. The smallest absolute Gasteiger partial charge is 0.116 e. The molecule has 0 bridgehead atoms. The monoisotopic (exact) mass is 200 g/mol. The van der Waals surface area contributed by atoms with E-state index in [0.717, 1.165) is 11.3 Å². The standard InChI is InChI=1S/C12H12N2O/c15-11-3-1-2-9(6-11)12-7-13-8-14(12)10-4-5-10/h1-3,6-8,10,15H,4-5H2. The van der Waals surface area contributed by atoms with Crippen molar-refractivity contribution in [2.45, 2.75) is 18.9 Å². The second kappa shape index (κ2) is 3.12. The van der Waals surface area contributed by atoms with Crippen molar-refractivity contribution < 1.29 is 5.11 Å². The summed E-state index contributed by atoms with van der Waals surface area (Å²) in [5.74, 6) is 0.302. The molecular formula is C12H12N2O. The molecule has 1 aromatic carbocycles. The largest absolute Gasteiger partial charge is 0.508 e. The first kappa shape index (κ1) is 8.53. The highest BCUT2D eigenvalue weighted by atomic mass is 16.3. The Labute approximate surface area is 88.0 Å². The van der Waals surface area contributed by atoms with Crippen LogP contribution in [0.25, 0.3) is 11.3 Å². The number of hydrogen-bond acceptors (Lipinski definition) is 2. The maximum Gasteiger partial charge on any atom is 0.116 e. The number of hydrogen-bond donors (Lipinski definition) is 1. The molecule has 1 aliphatic carbocycles. The van der Waals surface area contributed by atoms with Crippen LogP contribution in [-0.2, 0) is 0 Å². The van der Waals surface area contributed by atoms with Crippen molar-refractivity contribution >= 4 is 0 Å². The summed E-state index contributed by atoms with van der Waals surface area (Å²) < 4.78 is 2.19. The van der Waals surface area contributed by atoms with Crippen LogP contribution in [0.4, 0.5) is 0 Å². The fraction of sp³-hybridized carbons (Fsp3) is 0.250. The van der Waals surface area contributed by atoms with E-state index in [0.29, 0.717) is 11.8 Å². The zero-order valence-electron chi connectivity index (χ0n) is 8.30. The molecule has 2 aromatic rings. The zero-order valence-corrected chi connectivity index (χ0v) is 8.30. The molecule has 0 atom stereocenters. The number of aromatic nitrogens is 2. The molecule has 0 amide bonds. The van der Waals surface area contributed by atoms with Gasteiger partial charge in [0.15, 0.2) is 0 Å². The molecule has 3 nitrogen and oxygen atoms in total. The van der Waals surface area contributed by atoms with Crippen LogP contribution in [0.15, 0.2) is 36.8 Å². The summed E-state index contributed by atoms with van der Waals surface area (Å²) in [6, 6.07) is 7.92. The van der Waals surface area contributed by atoms with Crippen molar-refractivity contribution in [3.8, 4) is 17.0 Å². The molecule has 1 aliphatic rings. The first-order valence-corrected chi connectivity index (χ1v) is 5.16. The van der Waals surface area contributed by atoms with Crippen LogP contribution >= 0.6 is 0 Å². The van der Waals surface area contributed by atoms with Gasteiger partial charge in [-0.05, 0) is 25.0 Å². The maximum absolute atomic E-state index is 9.43. The fourth-order valence-electron chi connectivity index (χ4n) is 1.84. The number of phenolic OH excluding ortho intramolecular Hbond substituents is 1. The molecule has 3 rings (SSSR count). The normalized spacial score (nSPS) is 15.5. The van der Waals surface area contributed by atoms with Crippen LogP contribution in [0, 0.1) is 0 Å². The Morgan fingerprint density at radius 1 is 1.33 bits per heavy atom. The average molecular weight is 200 g/mol. The van der Waals surface area contributed by atoms with Crippen LogP contribution in [0.3, 0.4) is 0 Å². The van der Waals surface area contributed by atoms with E-state index in [9.17, 15) is 5.11 Å². The molecule has 3 heteroatoms. The predicted molar refractivity (Wildman–Crippen MR) is 57.6 cm³/mol. The van der Waals surface area contributed by atoms with Gasteiger partial charge in [-0.15, -0.1) is 0 Å². The van der Waals surface area contributed by atoms with Gasteiger partial charge in [-0.1, -0.05) is 12.1 Å². The van der Waals surface area contributed by atoms with Crippen molar-refractivity contribution in [1.82, 2.24) is 9.55 Å². The van der Waals surface area contributed by atoms with Crippen molar-refractivity contribution in [2.24, 2.45) is 0 Å². The molecule has 0 aliphatic heterocycles. The first-order valence-electron chi connectivity index (χ1n) is 5.16. The lowest BCUT2D eigenvalue weighted by Crippen LogP contribution is -1.94. The van der Waals surface area contributed by atoms with Gasteiger partial charge in [-0.25, -0.2) is 4.98 Å². The Morgan fingerprint density at radius 2 is 2.20 bits per heavy atom. The minimum atomic E-state index is 0.302. The highest BCUT2D eigenvalue weighted by Gasteiger charge is 2.25. The van der Waals surface area contributed by atoms with E-state index in [1.807, 2.05) is 24.7 Å². The van der Waals surface area contributed by atoms with Gasteiger partial charge in [-0.3, -0.25) is 0 Å². The highest BCUT2D eigenvalue weighted by molar-refractivity contribution is 5.61. The molecule has 1 N–H and O–H groups in total. The van der Waals surface area contributed by atoms with Gasteiger partial charge < -0.3 is 9.67 Å². The van der Waals surface area contributed by atoms with Crippen LogP contribution in [0.5, 0.6) is 5.75 Å². The van der Waals surface area contributed by atoms with Crippen molar-refractivity contribution in [3.63, 3.8) is 0 Å². The topological polar surface area (TPSA) is 38.1 Å². The van der Waals surface area contributed by atoms with Crippen LogP contribution < -0.4 is 0 Å². The fourth-order valence-corrected chi connectivity index (χ4v) is 1.84. The minimum absolute atomic E-state index is 0.302. The summed E-state index contributed by atoms with van der Waals surface area (Å²) in [4.78, 5) is 4.17. The lowest BCUT2D eigenvalue weighted by molar-refractivity contribution is 0.475. The zero-order chi connectivity index (χ0) is 10.3. The molecule has 1 fully saturated rings. The summed E-state index contributed by atoms with van der Waals surface area (Å²) in [6.07, 6.45) is 6.20. The van der Waals surface area contributed by atoms with Gasteiger partial charge in [0, 0.05) is 11.6 Å². The van der Waals surface area contributed by atoms with E-state index in [2.05, 4.69) is 9.55 Å². The SMILES string of the molecule is Oc1cccc(-c2cncn2C2CC2)c1. The van der Waals surface area contributed by atoms with E-state index >= 15 is 0 Å². The quantitative estimate of drug-likeness (QED) is 0.809. The van der Waals surface area contributed by atoms with E-state index in [-0.39, 0.29) is 0 Å². The molecule has 1 saturated carbocycles. The number of benzene rings is 1. The number of rotatable bonds is 2. The van der Waals surface area contributed by atoms with Gasteiger partial charge in [0.25, 0.3) is 0 Å². The lowest BCUT2D eigenvalue weighted by atomic mass is 10.1. The summed E-state index contributed by atoms with van der Waals surface area (Å²) in [5, 5.41) is 9.43. The molecule has 76 valence electrons. The second-order valence-electron chi connectivity index (χ2n) is 3.97. The number of imidazole rings is 1. The molecule has 0 saturated heterocycles. The second-order valence-corrected chi connectivity index (χ2v) is 3.97. The Balaban J connectivity index is 2.07. The van der Waals surface area contributed by atoms with Gasteiger partial charge in [0.2, 0.25) is 0 Å². The van der Waals surface area contributed by atoms with Crippen LogP contribution in [0.2, 0.25) is 0 Å². The lowest BCUT2D eigenvalue weighted by Gasteiger charge is -2.06. The predicted octanol–water partition coefficient (Wildman–Crippen LogP) is 2.59. The maximum atomic E-state index is 9.43. The van der Waals surface area contributed by atoms with E-state index in [4.69, 9.17) is 0 Å². The average Bonchev–Trinajstić information content (AvgIpc) is 2.96. The number of nitrogens with zero attached hydrogens (tertiary/aromatic N) is 2. The molecule has 1 heterocycles. The van der Waals surface area contributed by atoms with E-state index in [1.54, 1.807) is 12.1 Å². The van der Waals surface area contributed by atoms with Crippen LogP contribution in [-0.4, -0.2) is 14.7 Å². The summed E-state index contributed by atoms with van der Waals surface area (Å²) in [5.41, 5.74) is 2.12. The molecule has 0 spiro atoms. The molecule has 1 aromatic heterocycles. The highest BCUT2D eigenvalue weighted by Crippen LogP contribution is 2.38. The number of aromatic hydroxyl groups is 1. The summed E-state index contributed by atoms with van der Waals surface area (Å²) >= 11 is 0.